The minimum atomic E-state index is 0.0164. The highest BCUT2D eigenvalue weighted by Gasteiger charge is 2.32. The molecule has 1 fully saturated rings. The first kappa shape index (κ1) is 10.6. The predicted molar refractivity (Wildman–Crippen MR) is 60.9 cm³/mol. The van der Waals surface area contributed by atoms with Crippen molar-refractivity contribution >= 4 is 17.4 Å². The summed E-state index contributed by atoms with van der Waals surface area (Å²) in [5.74, 6) is 0.756. The fourth-order valence-corrected chi connectivity index (χ4v) is 2.19. The topological polar surface area (TPSA) is 63.8 Å². The molecular formula is C10H15ClN4. The summed E-state index contributed by atoms with van der Waals surface area (Å²) in [5.41, 5.74) is 5.83. The molecule has 0 unspecified atom stereocenters. The summed E-state index contributed by atoms with van der Waals surface area (Å²) in [6, 6.07) is 3.57. The largest absolute Gasteiger partial charge is 0.362 e. The van der Waals surface area contributed by atoms with Gasteiger partial charge in [-0.15, -0.1) is 10.2 Å². The highest BCUT2D eigenvalue weighted by Crippen LogP contribution is 2.31. The molecule has 1 aliphatic rings. The molecule has 0 aliphatic heterocycles. The van der Waals surface area contributed by atoms with Gasteiger partial charge >= 0.3 is 0 Å². The lowest BCUT2D eigenvalue weighted by Crippen LogP contribution is -2.43. The molecule has 0 radical (unpaired) electrons. The maximum Gasteiger partial charge on any atom is 0.151 e. The first-order valence-electron chi connectivity index (χ1n) is 5.22. The Bertz CT molecular complexity index is 319. The van der Waals surface area contributed by atoms with Gasteiger partial charge in [-0.25, -0.2) is 0 Å². The van der Waals surface area contributed by atoms with Gasteiger partial charge in [-0.05, 0) is 25.0 Å². The van der Waals surface area contributed by atoms with Crippen LogP contribution in [0.4, 0.5) is 5.82 Å². The summed E-state index contributed by atoms with van der Waals surface area (Å²) >= 11 is 5.67. The Morgan fingerprint density at radius 3 is 2.60 bits per heavy atom. The Labute approximate surface area is 94.2 Å². The second kappa shape index (κ2) is 4.33. The van der Waals surface area contributed by atoms with Crippen molar-refractivity contribution in [1.82, 2.24) is 10.2 Å². The van der Waals surface area contributed by atoms with E-state index in [1.54, 1.807) is 6.07 Å². The van der Waals surface area contributed by atoms with Gasteiger partial charge in [-0.2, -0.15) is 0 Å². The van der Waals surface area contributed by atoms with Crippen molar-refractivity contribution in [2.24, 2.45) is 5.73 Å². The van der Waals surface area contributed by atoms with Crippen LogP contribution in [0, 0.1) is 0 Å². The van der Waals surface area contributed by atoms with Gasteiger partial charge < -0.3 is 11.1 Å². The zero-order valence-electron chi connectivity index (χ0n) is 8.54. The van der Waals surface area contributed by atoms with E-state index in [1.165, 1.54) is 12.8 Å². The molecule has 5 heteroatoms. The molecule has 1 aromatic heterocycles. The van der Waals surface area contributed by atoms with Crippen LogP contribution in [0.5, 0.6) is 0 Å². The van der Waals surface area contributed by atoms with Gasteiger partial charge in [-0.1, -0.05) is 24.4 Å². The average molecular weight is 227 g/mol. The van der Waals surface area contributed by atoms with Crippen LogP contribution in [0.15, 0.2) is 12.1 Å². The number of aromatic nitrogens is 2. The molecule has 1 heterocycles. The highest BCUT2D eigenvalue weighted by atomic mass is 35.5. The lowest BCUT2D eigenvalue weighted by Gasteiger charge is -2.28. The number of halogens is 1. The fraction of sp³-hybridized carbons (Fsp3) is 0.600. The molecule has 1 aliphatic carbocycles. The monoisotopic (exact) mass is 226 g/mol. The number of anilines is 1. The third-order valence-electron chi connectivity index (χ3n) is 2.98. The Hall–Kier alpha value is -0.870. The fourth-order valence-electron chi connectivity index (χ4n) is 2.09. The SMILES string of the molecule is NCC1(Nc2ccc(Cl)nn2)CCCC1. The van der Waals surface area contributed by atoms with E-state index >= 15 is 0 Å². The number of hydrogen-bond donors (Lipinski definition) is 2. The molecule has 0 spiro atoms. The van der Waals surface area contributed by atoms with Crippen LogP contribution in [0.3, 0.4) is 0 Å². The van der Waals surface area contributed by atoms with Crippen molar-refractivity contribution in [2.75, 3.05) is 11.9 Å². The summed E-state index contributed by atoms with van der Waals surface area (Å²) < 4.78 is 0. The maximum absolute atomic E-state index is 5.81. The average Bonchev–Trinajstić information content (AvgIpc) is 2.71. The van der Waals surface area contributed by atoms with Gasteiger partial charge in [0.2, 0.25) is 0 Å². The number of nitrogens with zero attached hydrogens (tertiary/aromatic N) is 2. The number of rotatable bonds is 3. The number of nitrogens with one attached hydrogen (secondary N) is 1. The van der Waals surface area contributed by atoms with E-state index in [0.29, 0.717) is 11.7 Å². The van der Waals surface area contributed by atoms with E-state index in [9.17, 15) is 0 Å². The standard InChI is InChI=1S/C10H15ClN4/c11-8-3-4-9(15-14-8)13-10(7-12)5-1-2-6-10/h3-4H,1-2,5-7,12H2,(H,13,15). The van der Waals surface area contributed by atoms with Crippen LogP contribution in [-0.2, 0) is 0 Å². The molecule has 0 aromatic carbocycles. The van der Waals surface area contributed by atoms with Crippen molar-refractivity contribution in [3.63, 3.8) is 0 Å². The zero-order chi connectivity index (χ0) is 10.7. The van der Waals surface area contributed by atoms with Gasteiger partial charge in [0.25, 0.3) is 0 Å². The maximum atomic E-state index is 5.81. The summed E-state index contributed by atoms with van der Waals surface area (Å²) in [7, 11) is 0. The van der Waals surface area contributed by atoms with E-state index in [1.807, 2.05) is 6.07 Å². The van der Waals surface area contributed by atoms with Crippen molar-refractivity contribution in [3.05, 3.63) is 17.3 Å². The minimum Gasteiger partial charge on any atom is -0.362 e. The molecular weight excluding hydrogens is 212 g/mol. The van der Waals surface area contributed by atoms with Crippen molar-refractivity contribution in [3.8, 4) is 0 Å². The lowest BCUT2D eigenvalue weighted by atomic mass is 9.98. The molecule has 0 bridgehead atoms. The Kier molecular flexibility index (Phi) is 3.07. The van der Waals surface area contributed by atoms with E-state index in [4.69, 9.17) is 17.3 Å². The first-order valence-corrected chi connectivity index (χ1v) is 5.59. The lowest BCUT2D eigenvalue weighted by molar-refractivity contribution is 0.490. The zero-order valence-corrected chi connectivity index (χ0v) is 9.30. The van der Waals surface area contributed by atoms with Gasteiger partial charge in [0, 0.05) is 6.54 Å². The summed E-state index contributed by atoms with van der Waals surface area (Å²) in [4.78, 5) is 0. The summed E-state index contributed by atoms with van der Waals surface area (Å²) in [6.45, 7) is 0.636. The van der Waals surface area contributed by atoms with E-state index in [-0.39, 0.29) is 5.54 Å². The van der Waals surface area contributed by atoms with Crippen molar-refractivity contribution in [1.29, 1.82) is 0 Å². The van der Waals surface area contributed by atoms with Crippen LogP contribution in [0.2, 0.25) is 5.15 Å². The number of nitrogens with two attached hydrogens (primary N) is 1. The van der Waals surface area contributed by atoms with Gasteiger partial charge in [0.15, 0.2) is 5.15 Å². The molecule has 3 N–H and O–H groups in total. The van der Waals surface area contributed by atoms with Crippen LogP contribution in [-0.4, -0.2) is 22.3 Å². The molecule has 0 saturated heterocycles. The van der Waals surface area contributed by atoms with E-state index < -0.39 is 0 Å². The van der Waals surface area contributed by atoms with Gasteiger partial charge in [0.1, 0.15) is 5.82 Å². The third kappa shape index (κ3) is 2.38. The second-order valence-corrected chi connectivity index (χ2v) is 4.45. The molecule has 0 amide bonds. The summed E-state index contributed by atoms with van der Waals surface area (Å²) in [5, 5.41) is 11.6. The quantitative estimate of drug-likeness (QED) is 0.825. The van der Waals surface area contributed by atoms with Crippen LogP contribution >= 0.6 is 11.6 Å². The van der Waals surface area contributed by atoms with Gasteiger partial charge in [-0.3, -0.25) is 0 Å². The molecule has 15 heavy (non-hydrogen) atoms. The summed E-state index contributed by atoms with van der Waals surface area (Å²) in [6.07, 6.45) is 4.66. The smallest absolute Gasteiger partial charge is 0.151 e. The Morgan fingerprint density at radius 2 is 2.07 bits per heavy atom. The van der Waals surface area contributed by atoms with Gasteiger partial charge in [0.05, 0.1) is 5.54 Å². The van der Waals surface area contributed by atoms with Crippen molar-refractivity contribution in [2.45, 2.75) is 31.2 Å². The highest BCUT2D eigenvalue weighted by molar-refractivity contribution is 6.29. The van der Waals surface area contributed by atoms with E-state index in [0.717, 1.165) is 18.7 Å². The number of hydrogen-bond acceptors (Lipinski definition) is 4. The molecule has 1 saturated carbocycles. The first-order chi connectivity index (χ1) is 7.24. The van der Waals surface area contributed by atoms with E-state index in [2.05, 4.69) is 15.5 Å². The molecule has 1 aromatic rings. The Balaban J connectivity index is 2.09. The Morgan fingerprint density at radius 1 is 1.33 bits per heavy atom. The molecule has 4 nitrogen and oxygen atoms in total. The van der Waals surface area contributed by atoms with Crippen LogP contribution in [0.1, 0.15) is 25.7 Å². The molecule has 82 valence electrons. The molecule has 2 rings (SSSR count). The second-order valence-electron chi connectivity index (χ2n) is 4.06. The molecule has 0 atom stereocenters. The third-order valence-corrected chi connectivity index (χ3v) is 3.18. The normalized spacial score (nSPS) is 19.1. The van der Waals surface area contributed by atoms with Crippen LogP contribution < -0.4 is 11.1 Å². The van der Waals surface area contributed by atoms with Crippen molar-refractivity contribution < 1.29 is 0 Å². The predicted octanol–water partition coefficient (Wildman–Crippen LogP) is 1.81. The van der Waals surface area contributed by atoms with Crippen LogP contribution in [0.25, 0.3) is 0 Å². The minimum absolute atomic E-state index is 0.0164.